The molecule has 1 aromatic heterocycles. The van der Waals surface area contributed by atoms with Crippen molar-refractivity contribution in [1.29, 1.82) is 0 Å². The molecule has 18 heavy (non-hydrogen) atoms. The molecule has 0 saturated carbocycles. The van der Waals surface area contributed by atoms with Crippen molar-refractivity contribution in [2.45, 2.75) is 6.61 Å². The Morgan fingerprint density at radius 2 is 1.83 bits per heavy atom. The van der Waals surface area contributed by atoms with Gasteiger partial charge in [-0.05, 0) is 23.8 Å². The van der Waals surface area contributed by atoms with Gasteiger partial charge in [-0.3, -0.25) is 0 Å². The lowest BCUT2D eigenvalue weighted by molar-refractivity contribution is 0.294. The van der Waals surface area contributed by atoms with Crippen LogP contribution in [-0.2, 0) is 6.61 Å². The summed E-state index contributed by atoms with van der Waals surface area (Å²) in [7, 11) is 0. The molecule has 2 nitrogen and oxygen atoms in total. The molecule has 0 bridgehead atoms. The largest absolute Gasteiger partial charge is 0.485 e. The molecule has 0 aliphatic heterocycles. The minimum absolute atomic E-state index is 0.303. The average Bonchev–Trinajstić information content (AvgIpc) is 2.87. The van der Waals surface area contributed by atoms with Gasteiger partial charge in [0.2, 0.25) is 0 Å². The average molecular weight is 241 g/mol. The third-order valence-corrected chi connectivity index (χ3v) is 2.86. The van der Waals surface area contributed by atoms with Crippen LogP contribution in [0.3, 0.4) is 0 Å². The molecular weight excluding hydrogens is 229 g/mol. The summed E-state index contributed by atoms with van der Waals surface area (Å²) in [5.41, 5.74) is 1.89. The fraction of sp³-hybridized carbons (Fsp3) is 0.0667. The van der Waals surface area contributed by atoms with Gasteiger partial charge < -0.3 is 9.72 Å². The Balaban J connectivity index is 1.90. The van der Waals surface area contributed by atoms with Crippen molar-refractivity contribution in [3.05, 3.63) is 66.1 Å². The maximum absolute atomic E-state index is 13.8. The summed E-state index contributed by atoms with van der Waals surface area (Å²) >= 11 is 0. The standard InChI is InChI=1S/C15H12FNO/c16-13-6-7-14-12(8-9-17-14)15(13)18-10-11-4-2-1-3-5-11/h1-9,17H,10H2. The van der Waals surface area contributed by atoms with Crippen LogP contribution in [0.15, 0.2) is 54.7 Å². The fourth-order valence-corrected chi connectivity index (χ4v) is 1.96. The van der Waals surface area contributed by atoms with Crippen molar-refractivity contribution < 1.29 is 9.13 Å². The van der Waals surface area contributed by atoms with Crippen LogP contribution in [-0.4, -0.2) is 4.98 Å². The molecule has 0 atom stereocenters. The highest BCUT2D eigenvalue weighted by Gasteiger charge is 2.09. The molecule has 3 aromatic rings. The second-order valence-electron chi connectivity index (χ2n) is 4.09. The van der Waals surface area contributed by atoms with E-state index in [1.807, 2.05) is 36.4 Å². The molecule has 3 heteroatoms. The Bertz CT molecular complexity index is 661. The van der Waals surface area contributed by atoms with Crippen LogP contribution < -0.4 is 4.74 Å². The predicted octanol–water partition coefficient (Wildman–Crippen LogP) is 3.89. The molecule has 0 unspecified atom stereocenters. The summed E-state index contributed by atoms with van der Waals surface area (Å²) in [4.78, 5) is 3.04. The van der Waals surface area contributed by atoms with E-state index in [9.17, 15) is 4.39 Å². The highest BCUT2D eigenvalue weighted by atomic mass is 19.1. The van der Waals surface area contributed by atoms with Crippen molar-refractivity contribution >= 4 is 10.9 Å². The van der Waals surface area contributed by atoms with Gasteiger partial charge in [-0.2, -0.15) is 0 Å². The molecule has 2 aromatic carbocycles. The van der Waals surface area contributed by atoms with Gasteiger partial charge in [0, 0.05) is 17.1 Å². The first kappa shape index (κ1) is 10.8. The summed E-state index contributed by atoms with van der Waals surface area (Å²) in [6.07, 6.45) is 1.78. The highest BCUT2D eigenvalue weighted by molar-refractivity contribution is 5.85. The van der Waals surface area contributed by atoms with E-state index in [2.05, 4.69) is 4.98 Å². The van der Waals surface area contributed by atoms with E-state index in [4.69, 9.17) is 4.74 Å². The van der Waals surface area contributed by atoms with Gasteiger partial charge >= 0.3 is 0 Å². The van der Waals surface area contributed by atoms with Crippen LogP contribution in [0.1, 0.15) is 5.56 Å². The Labute approximate surface area is 104 Å². The summed E-state index contributed by atoms with van der Waals surface area (Å²) < 4.78 is 19.4. The van der Waals surface area contributed by atoms with Crippen molar-refractivity contribution in [2.75, 3.05) is 0 Å². The number of rotatable bonds is 3. The van der Waals surface area contributed by atoms with Crippen LogP contribution in [0.5, 0.6) is 5.75 Å². The Morgan fingerprint density at radius 3 is 2.67 bits per heavy atom. The number of aromatic amines is 1. The van der Waals surface area contributed by atoms with Crippen LogP contribution >= 0.6 is 0 Å². The first-order chi connectivity index (χ1) is 8.84. The summed E-state index contributed by atoms with van der Waals surface area (Å²) in [6.45, 7) is 0.363. The van der Waals surface area contributed by atoms with E-state index in [-0.39, 0.29) is 5.82 Å². The van der Waals surface area contributed by atoms with E-state index < -0.39 is 0 Å². The molecule has 0 radical (unpaired) electrons. The van der Waals surface area contributed by atoms with Crippen LogP contribution in [0.25, 0.3) is 10.9 Å². The third-order valence-electron chi connectivity index (χ3n) is 2.86. The first-order valence-corrected chi connectivity index (χ1v) is 5.77. The fourth-order valence-electron chi connectivity index (χ4n) is 1.96. The van der Waals surface area contributed by atoms with Gasteiger partial charge in [-0.15, -0.1) is 0 Å². The summed E-state index contributed by atoms with van der Waals surface area (Å²) in [6, 6.07) is 14.7. The molecule has 1 heterocycles. The van der Waals surface area contributed by atoms with Crippen molar-refractivity contribution in [3.8, 4) is 5.75 Å². The highest BCUT2D eigenvalue weighted by Crippen LogP contribution is 2.28. The zero-order chi connectivity index (χ0) is 12.4. The number of hydrogen-bond donors (Lipinski definition) is 1. The molecule has 0 amide bonds. The lowest BCUT2D eigenvalue weighted by atomic mass is 10.2. The monoisotopic (exact) mass is 241 g/mol. The second-order valence-corrected chi connectivity index (χ2v) is 4.09. The smallest absolute Gasteiger partial charge is 0.165 e. The third kappa shape index (κ3) is 1.95. The van der Waals surface area contributed by atoms with E-state index in [0.29, 0.717) is 12.4 Å². The summed E-state index contributed by atoms with van der Waals surface area (Å²) in [5, 5.41) is 0.769. The van der Waals surface area contributed by atoms with Crippen LogP contribution in [0.2, 0.25) is 0 Å². The number of aromatic nitrogens is 1. The number of H-pyrrole nitrogens is 1. The zero-order valence-electron chi connectivity index (χ0n) is 9.69. The molecule has 0 fully saturated rings. The Kier molecular flexibility index (Phi) is 2.73. The normalized spacial score (nSPS) is 10.7. The second kappa shape index (κ2) is 4.53. The minimum atomic E-state index is -0.335. The first-order valence-electron chi connectivity index (χ1n) is 5.77. The maximum Gasteiger partial charge on any atom is 0.165 e. The van der Waals surface area contributed by atoms with E-state index in [1.165, 1.54) is 6.07 Å². The molecular formula is C15H12FNO. The van der Waals surface area contributed by atoms with Gasteiger partial charge in [0.25, 0.3) is 0 Å². The molecule has 0 saturated heterocycles. The SMILES string of the molecule is Fc1ccc2[nH]ccc2c1OCc1ccccc1. The Hall–Kier alpha value is -2.29. The number of fused-ring (bicyclic) bond motifs is 1. The molecule has 0 spiro atoms. The van der Waals surface area contributed by atoms with Gasteiger partial charge in [-0.1, -0.05) is 30.3 Å². The molecule has 3 rings (SSSR count). The van der Waals surface area contributed by atoms with E-state index in [1.54, 1.807) is 12.3 Å². The van der Waals surface area contributed by atoms with Crippen LogP contribution in [0, 0.1) is 5.82 Å². The minimum Gasteiger partial charge on any atom is -0.485 e. The molecule has 0 aliphatic rings. The lowest BCUT2D eigenvalue weighted by Gasteiger charge is -2.08. The van der Waals surface area contributed by atoms with Crippen molar-refractivity contribution in [2.24, 2.45) is 0 Å². The number of ether oxygens (including phenoxy) is 1. The number of hydrogen-bond acceptors (Lipinski definition) is 1. The topological polar surface area (TPSA) is 25.0 Å². The van der Waals surface area contributed by atoms with Crippen molar-refractivity contribution in [1.82, 2.24) is 4.98 Å². The molecule has 1 N–H and O–H groups in total. The maximum atomic E-state index is 13.8. The number of benzene rings is 2. The van der Waals surface area contributed by atoms with Gasteiger partial charge in [0.1, 0.15) is 6.61 Å². The summed E-state index contributed by atoms with van der Waals surface area (Å²) in [5.74, 6) is -0.0318. The number of nitrogens with one attached hydrogen (secondary N) is 1. The Morgan fingerprint density at radius 1 is 1.00 bits per heavy atom. The molecule has 0 aliphatic carbocycles. The van der Waals surface area contributed by atoms with Gasteiger partial charge in [0.15, 0.2) is 11.6 Å². The zero-order valence-corrected chi connectivity index (χ0v) is 9.69. The van der Waals surface area contributed by atoms with Crippen molar-refractivity contribution in [3.63, 3.8) is 0 Å². The van der Waals surface area contributed by atoms with E-state index in [0.717, 1.165) is 16.5 Å². The van der Waals surface area contributed by atoms with Gasteiger partial charge in [-0.25, -0.2) is 4.39 Å². The predicted molar refractivity (Wildman–Crippen MR) is 69.0 cm³/mol. The molecule has 90 valence electrons. The quantitative estimate of drug-likeness (QED) is 0.739. The van der Waals surface area contributed by atoms with E-state index >= 15 is 0 Å². The lowest BCUT2D eigenvalue weighted by Crippen LogP contribution is -1.97. The van der Waals surface area contributed by atoms with Gasteiger partial charge in [0.05, 0.1) is 0 Å². The van der Waals surface area contributed by atoms with Crippen LogP contribution in [0.4, 0.5) is 4.39 Å². The number of halogens is 1.